The summed E-state index contributed by atoms with van der Waals surface area (Å²) in [5.41, 5.74) is 6.07. The van der Waals surface area contributed by atoms with Gasteiger partial charge in [0, 0.05) is 11.9 Å². The Hall–Kier alpha value is -1.50. The Morgan fingerprint density at radius 1 is 1.21 bits per heavy atom. The maximum absolute atomic E-state index is 12.2. The molecule has 2 rings (SSSR count). The molecule has 0 fully saturated rings. The van der Waals surface area contributed by atoms with Crippen LogP contribution >= 0.6 is 23.2 Å². The van der Waals surface area contributed by atoms with E-state index < -0.39 is 10.0 Å². The van der Waals surface area contributed by atoms with Crippen LogP contribution < -0.4 is 10.5 Å². The number of benzene rings is 1. The van der Waals surface area contributed by atoms with Crippen LogP contribution in [0.25, 0.3) is 0 Å². The van der Waals surface area contributed by atoms with Crippen molar-refractivity contribution in [1.29, 1.82) is 0 Å². The van der Waals surface area contributed by atoms with Gasteiger partial charge in [0.2, 0.25) is 0 Å². The predicted molar refractivity (Wildman–Crippen MR) is 75.9 cm³/mol. The molecular weight excluding hydrogens is 309 g/mol. The van der Waals surface area contributed by atoms with Crippen molar-refractivity contribution in [2.24, 2.45) is 0 Å². The Morgan fingerprint density at radius 2 is 1.95 bits per heavy atom. The zero-order valence-electron chi connectivity index (χ0n) is 9.47. The van der Waals surface area contributed by atoms with Crippen LogP contribution in [0.15, 0.2) is 41.4 Å². The van der Waals surface area contributed by atoms with Crippen molar-refractivity contribution in [3.05, 3.63) is 46.7 Å². The first-order valence-corrected chi connectivity index (χ1v) is 7.32. The SMILES string of the molecule is Nc1ccc(S(=O)(=O)Nc2cccnc2Cl)c(Cl)c1. The van der Waals surface area contributed by atoms with E-state index in [1.807, 2.05) is 0 Å². The number of sulfonamides is 1. The van der Waals surface area contributed by atoms with E-state index in [4.69, 9.17) is 28.9 Å². The van der Waals surface area contributed by atoms with Crippen molar-refractivity contribution in [1.82, 2.24) is 4.98 Å². The second-order valence-electron chi connectivity index (χ2n) is 3.64. The van der Waals surface area contributed by atoms with Crippen molar-refractivity contribution >= 4 is 44.6 Å². The molecule has 0 saturated carbocycles. The van der Waals surface area contributed by atoms with E-state index in [1.165, 1.54) is 30.5 Å². The smallest absolute Gasteiger partial charge is 0.263 e. The van der Waals surface area contributed by atoms with Gasteiger partial charge in [-0.3, -0.25) is 4.72 Å². The summed E-state index contributed by atoms with van der Waals surface area (Å²) in [4.78, 5) is 3.70. The molecule has 3 N–H and O–H groups in total. The minimum atomic E-state index is -3.85. The number of nitrogens with one attached hydrogen (secondary N) is 1. The highest BCUT2D eigenvalue weighted by molar-refractivity contribution is 7.92. The first-order chi connectivity index (χ1) is 8.90. The van der Waals surface area contributed by atoms with Crippen LogP contribution in [-0.2, 0) is 10.0 Å². The molecule has 100 valence electrons. The summed E-state index contributed by atoms with van der Waals surface area (Å²) in [6.07, 6.45) is 1.45. The van der Waals surface area contributed by atoms with Gasteiger partial charge >= 0.3 is 0 Å². The molecule has 0 amide bonds. The van der Waals surface area contributed by atoms with Gasteiger partial charge < -0.3 is 5.73 Å². The Bertz CT molecular complexity index is 720. The largest absolute Gasteiger partial charge is 0.399 e. The monoisotopic (exact) mass is 317 g/mol. The zero-order valence-corrected chi connectivity index (χ0v) is 11.8. The number of anilines is 2. The molecule has 0 aliphatic rings. The van der Waals surface area contributed by atoms with E-state index in [-0.39, 0.29) is 20.8 Å². The summed E-state index contributed by atoms with van der Waals surface area (Å²) < 4.78 is 26.6. The van der Waals surface area contributed by atoms with Crippen molar-refractivity contribution in [3.63, 3.8) is 0 Å². The summed E-state index contributed by atoms with van der Waals surface area (Å²) in [5.74, 6) is 0. The number of aromatic nitrogens is 1. The van der Waals surface area contributed by atoms with Gasteiger partial charge in [0.1, 0.15) is 4.90 Å². The van der Waals surface area contributed by atoms with Gasteiger partial charge in [-0.1, -0.05) is 23.2 Å². The van der Waals surface area contributed by atoms with Gasteiger partial charge in [-0.25, -0.2) is 13.4 Å². The van der Waals surface area contributed by atoms with Crippen LogP contribution in [0.2, 0.25) is 10.2 Å². The number of pyridine rings is 1. The maximum Gasteiger partial charge on any atom is 0.263 e. The maximum atomic E-state index is 12.2. The Balaban J connectivity index is 2.41. The molecule has 1 aromatic carbocycles. The molecule has 0 spiro atoms. The van der Waals surface area contributed by atoms with E-state index in [1.54, 1.807) is 6.07 Å². The van der Waals surface area contributed by atoms with Gasteiger partial charge in [-0.05, 0) is 30.3 Å². The molecule has 2 aromatic rings. The fraction of sp³-hybridized carbons (Fsp3) is 0. The van der Waals surface area contributed by atoms with Crippen LogP contribution in [0.1, 0.15) is 0 Å². The van der Waals surface area contributed by atoms with Gasteiger partial charge in [-0.2, -0.15) is 0 Å². The minimum absolute atomic E-state index is 0.0347. The highest BCUT2D eigenvalue weighted by atomic mass is 35.5. The van der Waals surface area contributed by atoms with Crippen molar-refractivity contribution in [2.75, 3.05) is 10.5 Å². The highest BCUT2D eigenvalue weighted by Gasteiger charge is 2.19. The van der Waals surface area contributed by atoms with E-state index in [0.717, 1.165) is 0 Å². The first-order valence-electron chi connectivity index (χ1n) is 5.08. The summed E-state index contributed by atoms with van der Waals surface area (Å²) in [6, 6.07) is 7.20. The van der Waals surface area contributed by atoms with Gasteiger partial charge in [0.25, 0.3) is 10.0 Å². The van der Waals surface area contributed by atoms with Gasteiger partial charge in [-0.15, -0.1) is 0 Å². The van der Waals surface area contributed by atoms with Gasteiger partial charge in [0.15, 0.2) is 5.15 Å². The molecule has 0 radical (unpaired) electrons. The lowest BCUT2D eigenvalue weighted by Gasteiger charge is -2.10. The van der Waals surface area contributed by atoms with Crippen LogP contribution in [0.5, 0.6) is 0 Å². The Kier molecular flexibility index (Phi) is 3.84. The molecule has 19 heavy (non-hydrogen) atoms. The van der Waals surface area contributed by atoms with E-state index in [2.05, 4.69) is 9.71 Å². The summed E-state index contributed by atoms with van der Waals surface area (Å²) in [5, 5.41) is 0.0881. The predicted octanol–water partition coefficient (Wildman–Crippen LogP) is 2.77. The second kappa shape index (κ2) is 5.24. The zero-order chi connectivity index (χ0) is 14.0. The van der Waals surface area contributed by atoms with Crippen molar-refractivity contribution < 1.29 is 8.42 Å². The van der Waals surface area contributed by atoms with Crippen LogP contribution in [0.4, 0.5) is 11.4 Å². The molecule has 0 saturated heterocycles. The molecule has 1 aromatic heterocycles. The molecule has 0 aliphatic carbocycles. The van der Waals surface area contributed by atoms with Crippen LogP contribution in [0, 0.1) is 0 Å². The molecule has 0 aliphatic heterocycles. The number of nitrogens with zero attached hydrogens (tertiary/aromatic N) is 1. The summed E-state index contributed by atoms with van der Waals surface area (Å²) in [6.45, 7) is 0. The number of hydrogen-bond acceptors (Lipinski definition) is 4. The molecule has 0 unspecified atom stereocenters. The number of hydrogen-bond donors (Lipinski definition) is 2. The molecule has 5 nitrogen and oxygen atoms in total. The van der Waals surface area contributed by atoms with Gasteiger partial charge in [0.05, 0.1) is 10.7 Å². The lowest BCUT2D eigenvalue weighted by molar-refractivity contribution is 0.601. The Morgan fingerprint density at radius 3 is 2.58 bits per heavy atom. The third kappa shape index (κ3) is 3.09. The average Bonchev–Trinajstić information content (AvgIpc) is 2.31. The molecule has 1 heterocycles. The van der Waals surface area contributed by atoms with Crippen LogP contribution in [0.3, 0.4) is 0 Å². The summed E-state index contributed by atoms with van der Waals surface area (Å²) in [7, 11) is -3.85. The molecular formula is C11H9Cl2N3O2S. The average molecular weight is 318 g/mol. The van der Waals surface area contributed by atoms with E-state index in [9.17, 15) is 8.42 Å². The number of halogens is 2. The third-order valence-electron chi connectivity index (χ3n) is 2.25. The lowest BCUT2D eigenvalue weighted by Crippen LogP contribution is -2.14. The normalized spacial score (nSPS) is 11.3. The quantitative estimate of drug-likeness (QED) is 0.673. The highest BCUT2D eigenvalue weighted by Crippen LogP contribution is 2.27. The lowest BCUT2D eigenvalue weighted by atomic mass is 10.3. The number of nitrogens with two attached hydrogens (primary N) is 1. The third-order valence-corrected chi connectivity index (χ3v) is 4.40. The number of rotatable bonds is 3. The first kappa shape index (κ1) is 13.9. The van der Waals surface area contributed by atoms with Crippen LogP contribution in [-0.4, -0.2) is 13.4 Å². The fourth-order valence-electron chi connectivity index (χ4n) is 1.40. The summed E-state index contributed by atoms with van der Waals surface area (Å²) >= 11 is 11.7. The van der Waals surface area contributed by atoms with E-state index in [0.29, 0.717) is 5.69 Å². The van der Waals surface area contributed by atoms with Crippen molar-refractivity contribution in [3.8, 4) is 0 Å². The van der Waals surface area contributed by atoms with Crippen molar-refractivity contribution in [2.45, 2.75) is 4.90 Å². The number of nitrogen functional groups attached to an aromatic ring is 1. The second-order valence-corrected chi connectivity index (χ2v) is 6.05. The molecule has 8 heteroatoms. The van der Waals surface area contributed by atoms with E-state index >= 15 is 0 Å². The minimum Gasteiger partial charge on any atom is -0.399 e. The molecule has 0 atom stereocenters. The standard InChI is InChI=1S/C11H9Cl2N3O2S/c12-8-6-7(14)3-4-10(8)19(17,18)16-9-2-1-5-15-11(9)13/h1-6,16H,14H2. The topological polar surface area (TPSA) is 85.1 Å². The molecule has 0 bridgehead atoms. The fourth-order valence-corrected chi connectivity index (χ4v) is 3.24. The Labute approximate surface area is 120 Å².